The Kier molecular flexibility index (Phi) is 6.20. The van der Waals surface area contributed by atoms with Crippen molar-refractivity contribution in [3.8, 4) is 11.5 Å². The maximum Gasteiger partial charge on any atom is 0.259 e. The number of para-hydroxylation sites is 2. The molecule has 0 aliphatic carbocycles. The lowest BCUT2D eigenvalue weighted by Gasteiger charge is -2.08. The van der Waals surface area contributed by atoms with E-state index in [4.69, 9.17) is 4.74 Å². The molecule has 0 bridgehead atoms. The summed E-state index contributed by atoms with van der Waals surface area (Å²) in [7, 11) is 0. The van der Waals surface area contributed by atoms with Crippen LogP contribution in [0.2, 0.25) is 0 Å². The standard InChI is InChI=1S/C22H21N3O2/c1-17-8-5-6-13-21(17)23-16-22(26)25-24-15-18-9-7-12-20(14-18)27-19-10-3-2-4-11-19/h2-15,23H,16H2,1H3,(H,25,26)/b24-15+. The Morgan fingerprint density at radius 1 is 0.963 bits per heavy atom. The maximum atomic E-state index is 11.9. The lowest BCUT2D eigenvalue weighted by molar-refractivity contribution is -0.119. The number of hydrogen-bond acceptors (Lipinski definition) is 4. The number of amides is 1. The molecule has 3 aromatic rings. The molecule has 0 atom stereocenters. The summed E-state index contributed by atoms with van der Waals surface area (Å²) in [6.45, 7) is 2.14. The van der Waals surface area contributed by atoms with Gasteiger partial charge in [-0.1, -0.05) is 48.5 Å². The van der Waals surface area contributed by atoms with Gasteiger partial charge in [0.15, 0.2) is 0 Å². The van der Waals surface area contributed by atoms with Gasteiger partial charge in [-0.25, -0.2) is 5.43 Å². The van der Waals surface area contributed by atoms with Crippen LogP contribution in [0, 0.1) is 6.92 Å². The summed E-state index contributed by atoms with van der Waals surface area (Å²) in [4.78, 5) is 11.9. The summed E-state index contributed by atoms with van der Waals surface area (Å²) in [6, 6.07) is 24.9. The van der Waals surface area contributed by atoms with Crippen molar-refractivity contribution in [2.45, 2.75) is 6.92 Å². The van der Waals surface area contributed by atoms with Crippen molar-refractivity contribution in [1.29, 1.82) is 0 Å². The molecule has 0 aromatic heterocycles. The van der Waals surface area contributed by atoms with E-state index in [-0.39, 0.29) is 12.5 Å². The van der Waals surface area contributed by atoms with Crippen molar-refractivity contribution < 1.29 is 9.53 Å². The molecule has 3 aromatic carbocycles. The highest BCUT2D eigenvalue weighted by Gasteiger charge is 2.01. The number of nitrogens with zero attached hydrogens (tertiary/aromatic N) is 1. The number of hydrazone groups is 1. The number of rotatable bonds is 7. The van der Waals surface area contributed by atoms with Gasteiger partial charge in [-0.15, -0.1) is 0 Å². The smallest absolute Gasteiger partial charge is 0.259 e. The summed E-state index contributed by atoms with van der Waals surface area (Å²) in [5.41, 5.74) is 5.37. The van der Waals surface area contributed by atoms with Crippen LogP contribution in [0.15, 0.2) is 84.0 Å². The molecule has 0 saturated carbocycles. The summed E-state index contributed by atoms with van der Waals surface area (Å²) in [5, 5.41) is 7.10. The number of benzene rings is 3. The molecule has 3 rings (SSSR count). The first-order valence-electron chi connectivity index (χ1n) is 8.65. The molecule has 27 heavy (non-hydrogen) atoms. The third kappa shape index (κ3) is 5.71. The average molecular weight is 359 g/mol. The van der Waals surface area contributed by atoms with Crippen LogP contribution < -0.4 is 15.5 Å². The second kappa shape index (κ2) is 9.20. The Hall–Kier alpha value is -3.60. The van der Waals surface area contributed by atoms with Crippen LogP contribution in [0.5, 0.6) is 11.5 Å². The van der Waals surface area contributed by atoms with Gasteiger partial charge < -0.3 is 10.1 Å². The molecule has 0 unspecified atom stereocenters. The highest BCUT2D eigenvalue weighted by molar-refractivity contribution is 5.84. The highest BCUT2D eigenvalue weighted by atomic mass is 16.5. The molecule has 0 fully saturated rings. The Balaban J connectivity index is 1.51. The molecule has 0 aliphatic rings. The van der Waals surface area contributed by atoms with Gasteiger partial charge in [0.2, 0.25) is 0 Å². The van der Waals surface area contributed by atoms with Crippen LogP contribution in [0.25, 0.3) is 0 Å². The number of aryl methyl sites for hydroxylation is 1. The quantitative estimate of drug-likeness (QED) is 0.487. The lowest BCUT2D eigenvalue weighted by Crippen LogP contribution is -2.26. The number of hydrogen-bond donors (Lipinski definition) is 2. The number of carbonyl (C=O) groups excluding carboxylic acids is 1. The third-order valence-corrected chi connectivity index (χ3v) is 3.82. The molecular formula is C22H21N3O2. The van der Waals surface area contributed by atoms with E-state index in [1.807, 2.05) is 85.8 Å². The highest BCUT2D eigenvalue weighted by Crippen LogP contribution is 2.21. The van der Waals surface area contributed by atoms with Crippen molar-refractivity contribution in [3.05, 3.63) is 90.0 Å². The summed E-state index contributed by atoms with van der Waals surface area (Å²) in [5.74, 6) is 1.26. The van der Waals surface area contributed by atoms with E-state index in [2.05, 4.69) is 15.8 Å². The molecule has 2 N–H and O–H groups in total. The topological polar surface area (TPSA) is 62.7 Å². The molecule has 0 radical (unpaired) electrons. The van der Waals surface area contributed by atoms with E-state index in [0.29, 0.717) is 5.75 Å². The van der Waals surface area contributed by atoms with Gasteiger partial charge in [-0.3, -0.25) is 4.79 Å². The summed E-state index contributed by atoms with van der Waals surface area (Å²) in [6.07, 6.45) is 1.59. The van der Waals surface area contributed by atoms with E-state index in [1.54, 1.807) is 6.21 Å². The minimum Gasteiger partial charge on any atom is -0.457 e. The first kappa shape index (κ1) is 18.2. The van der Waals surface area contributed by atoms with Gasteiger partial charge in [0, 0.05) is 5.69 Å². The van der Waals surface area contributed by atoms with Crippen molar-refractivity contribution >= 4 is 17.8 Å². The monoisotopic (exact) mass is 359 g/mol. The van der Waals surface area contributed by atoms with Gasteiger partial charge in [0.25, 0.3) is 5.91 Å². The van der Waals surface area contributed by atoms with Crippen molar-refractivity contribution in [2.75, 3.05) is 11.9 Å². The van der Waals surface area contributed by atoms with Crippen LogP contribution in [0.4, 0.5) is 5.69 Å². The molecule has 0 spiro atoms. The fraction of sp³-hybridized carbons (Fsp3) is 0.0909. The molecule has 0 aliphatic heterocycles. The normalized spacial score (nSPS) is 10.6. The second-order valence-corrected chi connectivity index (χ2v) is 5.95. The summed E-state index contributed by atoms with van der Waals surface area (Å²) < 4.78 is 5.79. The number of ether oxygens (including phenoxy) is 1. The van der Waals surface area contributed by atoms with Gasteiger partial charge in [0.05, 0.1) is 12.8 Å². The van der Waals surface area contributed by atoms with Crippen molar-refractivity contribution in [2.24, 2.45) is 5.10 Å². The van der Waals surface area contributed by atoms with Crippen molar-refractivity contribution in [3.63, 3.8) is 0 Å². The zero-order valence-corrected chi connectivity index (χ0v) is 15.1. The molecule has 0 heterocycles. The Bertz CT molecular complexity index is 924. The number of carbonyl (C=O) groups is 1. The van der Waals surface area contributed by atoms with Gasteiger partial charge in [-0.2, -0.15) is 5.10 Å². The zero-order valence-electron chi connectivity index (χ0n) is 15.1. The van der Waals surface area contributed by atoms with Gasteiger partial charge >= 0.3 is 0 Å². The van der Waals surface area contributed by atoms with E-state index in [9.17, 15) is 4.79 Å². The van der Waals surface area contributed by atoms with E-state index < -0.39 is 0 Å². The SMILES string of the molecule is Cc1ccccc1NCC(=O)N/N=C/c1cccc(Oc2ccccc2)c1. The predicted octanol–water partition coefficient (Wildman–Crippen LogP) is 4.35. The molecule has 136 valence electrons. The minimum absolute atomic E-state index is 0.152. The second-order valence-electron chi connectivity index (χ2n) is 5.95. The van der Waals surface area contributed by atoms with Gasteiger partial charge in [0.1, 0.15) is 11.5 Å². The first-order valence-corrected chi connectivity index (χ1v) is 8.65. The molecule has 5 heteroatoms. The molecular weight excluding hydrogens is 338 g/mol. The summed E-state index contributed by atoms with van der Waals surface area (Å²) >= 11 is 0. The number of nitrogens with one attached hydrogen (secondary N) is 2. The third-order valence-electron chi connectivity index (χ3n) is 3.82. The van der Waals surface area contributed by atoms with E-state index in [0.717, 1.165) is 22.6 Å². The van der Waals surface area contributed by atoms with Gasteiger partial charge in [-0.05, 0) is 48.4 Å². The molecule has 0 saturated heterocycles. The zero-order chi connectivity index (χ0) is 18.9. The Labute approximate surface area is 158 Å². The van der Waals surface area contributed by atoms with Crippen LogP contribution in [-0.2, 0) is 4.79 Å². The lowest BCUT2D eigenvalue weighted by atomic mass is 10.2. The predicted molar refractivity (Wildman–Crippen MR) is 108 cm³/mol. The van der Waals surface area contributed by atoms with E-state index >= 15 is 0 Å². The fourth-order valence-electron chi connectivity index (χ4n) is 2.45. The largest absolute Gasteiger partial charge is 0.457 e. The van der Waals surface area contributed by atoms with Crippen LogP contribution in [0.3, 0.4) is 0 Å². The van der Waals surface area contributed by atoms with Crippen molar-refractivity contribution in [1.82, 2.24) is 5.43 Å². The molecule has 1 amide bonds. The molecule has 5 nitrogen and oxygen atoms in total. The van der Waals surface area contributed by atoms with Crippen LogP contribution in [0.1, 0.15) is 11.1 Å². The minimum atomic E-state index is -0.216. The Morgan fingerprint density at radius 3 is 2.52 bits per heavy atom. The average Bonchev–Trinajstić information content (AvgIpc) is 2.68. The van der Waals surface area contributed by atoms with Crippen LogP contribution >= 0.6 is 0 Å². The Morgan fingerprint density at radius 2 is 1.70 bits per heavy atom. The number of anilines is 1. The van der Waals surface area contributed by atoms with E-state index in [1.165, 1.54) is 0 Å². The maximum absolute atomic E-state index is 11.9. The first-order chi connectivity index (χ1) is 13.2. The fourth-order valence-corrected chi connectivity index (χ4v) is 2.45. The van der Waals surface area contributed by atoms with Crippen LogP contribution in [-0.4, -0.2) is 18.7 Å².